The number of carbonyl (C=O) groups excluding carboxylic acids is 2. The van der Waals surface area contributed by atoms with Crippen molar-refractivity contribution in [3.8, 4) is 0 Å². The van der Waals surface area contributed by atoms with Gasteiger partial charge >= 0.3 is 0 Å². The van der Waals surface area contributed by atoms with E-state index in [1.807, 2.05) is 0 Å². The topological polar surface area (TPSA) is 95.4 Å². The van der Waals surface area contributed by atoms with Crippen LogP contribution < -0.4 is 11.5 Å². The number of carbonyl (C=O) groups is 2. The lowest BCUT2D eigenvalue weighted by Gasteiger charge is -2.37. The summed E-state index contributed by atoms with van der Waals surface area (Å²) in [5, 5.41) is 0. The highest BCUT2D eigenvalue weighted by atomic mass is 16.5. The van der Waals surface area contributed by atoms with Crippen LogP contribution in [-0.4, -0.2) is 30.9 Å². The Bertz CT molecular complexity index is 542. The van der Waals surface area contributed by atoms with Crippen molar-refractivity contribution in [1.82, 2.24) is 0 Å². The Kier molecular flexibility index (Phi) is 11.3. The summed E-state index contributed by atoms with van der Waals surface area (Å²) >= 11 is 0. The molecule has 4 N–H and O–H groups in total. The number of rotatable bonds is 14. The average molecular weight is 409 g/mol. The predicted molar refractivity (Wildman–Crippen MR) is 119 cm³/mol. The smallest absolute Gasteiger partial charge is 0.161 e. The number of nitrogens with two attached hydrogens (primary N) is 2. The van der Waals surface area contributed by atoms with Gasteiger partial charge in [0, 0.05) is 11.8 Å². The molecular weight excluding hydrogens is 364 g/mol. The van der Waals surface area contributed by atoms with Crippen molar-refractivity contribution in [2.24, 2.45) is 40.6 Å². The lowest BCUT2D eigenvalue weighted by atomic mass is 9.69. The minimum atomic E-state index is -0.438. The molecule has 0 fully saturated rings. The molecule has 1 aliphatic carbocycles. The van der Waals surface area contributed by atoms with E-state index in [0.717, 1.165) is 44.9 Å². The largest absolute Gasteiger partial charge is 0.359 e. The van der Waals surface area contributed by atoms with E-state index in [-0.39, 0.29) is 42.2 Å². The molecule has 1 unspecified atom stereocenters. The van der Waals surface area contributed by atoms with Gasteiger partial charge in [-0.15, -0.1) is 0 Å². The van der Waals surface area contributed by atoms with Gasteiger partial charge in [-0.1, -0.05) is 59.6 Å². The minimum Gasteiger partial charge on any atom is -0.359 e. The van der Waals surface area contributed by atoms with Crippen molar-refractivity contribution in [3.63, 3.8) is 0 Å². The van der Waals surface area contributed by atoms with Crippen molar-refractivity contribution in [2.45, 2.75) is 85.6 Å². The summed E-state index contributed by atoms with van der Waals surface area (Å²) in [6.45, 7) is 10.7. The number of hydrogen-bond donors (Lipinski definition) is 2. The van der Waals surface area contributed by atoms with E-state index in [9.17, 15) is 9.59 Å². The third-order valence-corrected chi connectivity index (χ3v) is 7.02. The zero-order chi connectivity index (χ0) is 22.0. The molecule has 0 saturated heterocycles. The van der Waals surface area contributed by atoms with E-state index in [1.54, 1.807) is 0 Å². The van der Waals surface area contributed by atoms with Gasteiger partial charge in [-0.2, -0.15) is 0 Å². The van der Waals surface area contributed by atoms with Crippen LogP contribution in [-0.2, 0) is 14.3 Å². The first-order valence-electron chi connectivity index (χ1n) is 11.4. The number of allylic oxidation sites excluding steroid dienone is 2. The van der Waals surface area contributed by atoms with Crippen molar-refractivity contribution in [3.05, 3.63) is 12.2 Å². The summed E-state index contributed by atoms with van der Waals surface area (Å²) in [6, 6.07) is -0.438. The maximum absolute atomic E-state index is 13.1. The molecule has 0 aliphatic heterocycles. The summed E-state index contributed by atoms with van der Waals surface area (Å²) in [5.41, 5.74) is 11.5. The van der Waals surface area contributed by atoms with E-state index in [1.165, 1.54) is 0 Å². The molecule has 4 atom stereocenters. The Morgan fingerprint density at radius 3 is 2.52 bits per heavy atom. The maximum atomic E-state index is 13.1. The highest BCUT2D eigenvalue weighted by Gasteiger charge is 2.38. The normalized spacial score (nSPS) is 21.9. The first-order chi connectivity index (χ1) is 13.6. The van der Waals surface area contributed by atoms with Crippen molar-refractivity contribution < 1.29 is 14.3 Å². The first-order valence-corrected chi connectivity index (χ1v) is 11.4. The Hall–Kier alpha value is -1.04. The monoisotopic (exact) mass is 408 g/mol. The fraction of sp³-hybridized carbons (Fsp3) is 0.833. The summed E-state index contributed by atoms with van der Waals surface area (Å²) < 4.78 is 5.13. The summed E-state index contributed by atoms with van der Waals surface area (Å²) in [4.78, 5) is 25.5. The molecule has 0 spiro atoms. The van der Waals surface area contributed by atoms with Crippen LogP contribution in [0.4, 0.5) is 0 Å². The Morgan fingerprint density at radius 1 is 1.24 bits per heavy atom. The van der Waals surface area contributed by atoms with Crippen LogP contribution in [0.1, 0.15) is 79.6 Å². The van der Waals surface area contributed by atoms with Crippen molar-refractivity contribution in [2.75, 3.05) is 13.3 Å². The highest BCUT2D eigenvalue weighted by Crippen LogP contribution is 2.35. The van der Waals surface area contributed by atoms with E-state index in [4.69, 9.17) is 16.2 Å². The molecule has 0 amide bonds. The van der Waals surface area contributed by atoms with Gasteiger partial charge in [0.2, 0.25) is 0 Å². The quantitative estimate of drug-likeness (QED) is 0.331. The van der Waals surface area contributed by atoms with Gasteiger partial charge in [-0.05, 0) is 49.4 Å². The lowest BCUT2D eigenvalue weighted by Crippen LogP contribution is -2.49. The SMILES string of the molecule is CCCC[C@H](CC[C@@H]1C=CCC(C(=O)[C@@H](N)C(C)(C)C(C)C)C1)C(=O)COCN. The summed E-state index contributed by atoms with van der Waals surface area (Å²) in [7, 11) is 0. The average Bonchev–Trinajstić information content (AvgIpc) is 2.70. The second-order valence-corrected chi connectivity index (χ2v) is 9.61. The van der Waals surface area contributed by atoms with Crippen molar-refractivity contribution in [1.29, 1.82) is 0 Å². The highest BCUT2D eigenvalue weighted by molar-refractivity contribution is 5.87. The van der Waals surface area contributed by atoms with E-state index < -0.39 is 6.04 Å². The molecule has 1 aliphatic rings. The van der Waals surface area contributed by atoms with Gasteiger partial charge in [0.1, 0.15) is 6.61 Å². The number of unbranched alkanes of at least 4 members (excludes halogenated alkanes) is 1. The molecule has 0 saturated carbocycles. The molecule has 0 radical (unpaired) electrons. The molecule has 0 bridgehead atoms. The summed E-state index contributed by atoms with van der Waals surface area (Å²) in [5.74, 6) is 1.03. The van der Waals surface area contributed by atoms with Gasteiger partial charge in [-0.3, -0.25) is 9.59 Å². The molecule has 5 nitrogen and oxygen atoms in total. The molecule has 0 aromatic rings. The number of ketones is 2. The predicted octanol–water partition coefficient (Wildman–Crippen LogP) is 4.24. The fourth-order valence-electron chi connectivity index (χ4n) is 4.01. The van der Waals surface area contributed by atoms with Crippen molar-refractivity contribution >= 4 is 11.6 Å². The van der Waals surface area contributed by atoms with Gasteiger partial charge in [0.15, 0.2) is 11.6 Å². The Balaban J connectivity index is 2.66. The van der Waals surface area contributed by atoms with Crippen LogP contribution >= 0.6 is 0 Å². The molecule has 1 rings (SSSR count). The molecule has 0 aromatic carbocycles. The molecule has 29 heavy (non-hydrogen) atoms. The second kappa shape index (κ2) is 12.6. The zero-order valence-corrected chi connectivity index (χ0v) is 19.3. The maximum Gasteiger partial charge on any atom is 0.161 e. The van der Waals surface area contributed by atoms with E-state index in [0.29, 0.717) is 11.8 Å². The van der Waals surface area contributed by atoms with Gasteiger partial charge in [-0.25, -0.2) is 0 Å². The fourth-order valence-corrected chi connectivity index (χ4v) is 4.01. The third-order valence-electron chi connectivity index (χ3n) is 7.02. The van der Waals surface area contributed by atoms with Gasteiger partial charge in [0.05, 0.1) is 12.8 Å². The Morgan fingerprint density at radius 2 is 1.93 bits per heavy atom. The second-order valence-electron chi connectivity index (χ2n) is 9.61. The number of ether oxygens (including phenoxy) is 1. The molecule has 0 aromatic heterocycles. The standard InChI is InChI=1S/C24H44N2O3/c1-6-7-10-19(21(27)15-29-16-25)13-12-18-9-8-11-20(14-18)22(28)23(26)24(4,5)17(2)3/h8-9,17-20,23H,6-7,10-16,25-26H2,1-5H3/t18-,19+,20?,23+/m0/s1. The summed E-state index contributed by atoms with van der Waals surface area (Å²) in [6.07, 6.45) is 10.7. The van der Waals surface area contributed by atoms with Crippen LogP contribution in [0, 0.1) is 29.1 Å². The van der Waals surface area contributed by atoms with Crippen LogP contribution in [0.2, 0.25) is 0 Å². The number of Topliss-reactive ketones (excluding diaryl/α,β-unsaturated/α-hetero) is 2. The van der Waals surface area contributed by atoms with E-state index in [2.05, 4.69) is 46.8 Å². The molecule has 0 heterocycles. The van der Waals surface area contributed by atoms with Crippen LogP contribution in [0.15, 0.2) is 12.2 Å². The zero-order valence-electron chi connectivity index (χ0n) is 19.3. The Labute approximate surface area is 178 Å². The van der Waals surface area contributed by atoms with E-state index >= 15 is 0 Å². The molecular formula is C24H44N2O3. The van der Waals surface area contributed by atoms with Crippen LogP contribution in [0.3, 0.4) is 0 Å². The minimum absolute atomic E-state index is 0.0107. The number of hydrogen-bond acceptors (Lipinski definition) is 5. The third kappa shape index (κ3) is 7.95. The molecule has 168 valence electrons. The lowest BCUT2D eigenvalue weighted by molar-refractivity contribution is -0.129. The molecule has 5 heteroatoms. The first kappa shape index (κ1) is 26.0. The van der Waals surface area contributed by atoms with Crippen LogP contribution in [0.5, 0.6) is 0 Å². The van der Waals surface area contributed by atoms with Gasteiger partial charge in [0.25, 0.3) is 0 Å². The van der Waals surface area contributed by atoms with Crippen LogP contribution in [0.25, 0.3) is 0 Å². The van der Waals surface area contributed by atoms with Gasteiger partial charge < -0.3 is 16.2 Å².